The second-order valence-corrected chi connectivity index (χ2v) is 3.80. The molecule has 0 radical (unpaired) electrons. The van der Waals surface area contributed by atoms with E-state index in [9.17, 15) is 0 Å². The summed E-state index contributed by atoms with van der Waals surface area (Å²) in [5.41, 5.74) is 0.599. The number of hydrogen-bond donors (Lipinski definition) is 3. The maximum Gasteiger partial charge on any atom is 0.143 e. The lowest BCUT2D eigenvalue weighted by Gasteiger charge is -2.18. The number of ether oxygens (including phenoxy) is 2. The number of aliphatic hydroxyl groups is 2. The summed E-state index contributed by atoms with van der Waals surface area (Å²) in [4.78, 5) is 0. The number of rotatable bonds is 6. The van der Waals surface area contributed by atoms with Gasteiger partial charge in [-0.1, -0.05) is 11.6 Å². The van der Waals surface area contributed by atoms with Crippen molar-refractivity contribution < 1.29 is 19.7 Å². The predicted molar refractivity (Wildman–Crippen MR) is 66.1 cm³/mol. The lowest BCUT2D eigenvalue weighted by molar-refractivity contribution is 0.203. The van der Waals surface area contributed by atoms with Gasteiger partial charge in [-0.25, -0.2) is 0 Å². The Balaban J connectivity index is 3.03. The third-order valence-electron chi connectivity index (χ3n) is 2.27. The average Bonchev–Trinajstić information content (AvgIpc) is 2.36. The maximum atomic E-state index is 9.01. The Morgan fingerprint density at radius 2 is 1.76 bits per heavy atom. The Morgan fingerprint density at radius 1 is 1.18 bits per heavy atom. The molecule has 0 fully saturated rings. The number of methoxy groups -OCH3 is 2. The lowest BCUT2D eigenvalue weighted by Crippen LogP contribution is -2.27. The largest absolute Gasteiger partial charge is 0.495 e. The van der Waals surface area contributed by atoms with Gasteiger partial charge in [-0.3, -0.25) is 0 Å². The van der Waals surface area contributed by atoms with Crippen molar-refractivity contribution in [3.05, 3.63) is 17.2 Å². The Morgan fingerprint density at radius 3 is 2.24 bits per heavy atom. The monoisotopic (exact) mass is 261 g/mol. The van der Waals surface area contributed by atoms with Crippen molar-refractivity contribution in [3.8, 4) is 11.5 Å². The van der Waals surface area contributed by atoms with Gasteiger partial charge >= 0.3 is 0 Å². The SMILES string of the molecule is COc1cc(NC(CO)CO)c(OC)cc1Cl. The fourth-order valence-corrected chi connectivity index (χ4v) is 1.57. The summed E-state index contributed by atoms with van der Waals surface area (Å²) < 4.78 is 10.2. The molecule has 1 aromatic rings. The van der Waals surface area contributed by atoms with Gasteiger partial charge in [0.25, 0.3) is 0 Å². The first kappa shape index (κ1) is 13.9. The van der Waals surface area contributed by atoms with Crippen LogP contribution in [-0.4, -0.2) is 43.7 Å². The van der Waals surface area contributed by atoms with Crippen LogP contribution in [0.15, 0.2) is 12.1 Å². The molecule has 0 aliphatic rings. The van der Waals surface area contributed by atoms with Gasteiger partial charge in [0, 0.05) is 12.1 Å². The minimum atomic E-state index is -0.463. The predicted octanol–water partition coefficient (Wildman–Crippen LogP) is 1.12. The molecule has 0 aromatic heterocycles. The van der Waals surface area contributed by atoms with Gasteiger partial charge < -0.3 is 25.0 Å². The summed E-state index contributed by atoms with van der Waals surface area (Å²) in [5.74, 6) is 1.01. The Kier molecular flexibility index (Phi) is 5.34. The van der Waals surface area contributed by atoms with E-state index in [0.717, 1.165) is 0 Å². The van der Waals surface area contributed by atoms with E-state index in [0.29, 0.717) is 22.2 Å². The van der Waals surface area contributed by atoms with E-state index in [1.54, 1.807) is 12.1 Å². The van der Waals surface area contributed by atoms with Crippen LogP contribution < -0.4 is 14.8 Å². The first-order chi connectivity index (χ1) is 8.15. The van der Waals surface area contributed by atoms with E-state index < -0.39 is 6.04 Å². The Labute approximate surface area is 105 Å². The summed E-state index contributed by atoms with van der Waals surface area (Å²) in [6.45, 7) is -0.380. The molecular weight excluding hydrogens is 246 g/mol. The zero-order chi connectivity index (χ0) is 12.8. The first-order valence-corrected chi connectivity index (χ1v) is 5.43. The number of hydrogen-bond acceptors (Lipinski definition) is 5. The Bertz CT molecular complexity index is 369. The fourth-order valence-electron chi connectivity index (χ4n) is 1.34. The molecule has 1 rings (SSSR count). The molecule has 0 saturated heterocycles. The average molecular weight is 262 g/mol. The zero-order valence-electron chi connectivity index (χ0n) is 9.74. The minimum absolute atomic E-state index is 0.190. The van der Waals surface area contributed by atoms with Crippen LogP contribution >= 0.6 is 11.6 Å². The molecule has 0 unspecified atom stereocenters. The molecule has 0 spiro atoms. The second-order valence-electron chi connectivity index (χ2n) is 3.39. The molecule has 0 atom stereocenters. The highest BCUT2D eigenvalue weighted by atomic mass is 35.5. The number of halogens is 1. The van der Waals surface area contributed by atoms with Gasteiger partial charge in [0.1, 0.15) is 11.5 Å². The van der Waals surface area contributed by atoms with E-state index in [1.807, 2.05) is 0 Å². The number of anilines is 1. The van der Waals surface area contributed by atoms with Crippen LogP contribution in [0.2, 0.25) is 5.02 Å². The van der Waals surface area contributed by atoms with Crippen molar-refractivity contribution in [2.24, 2.45) is 0 Å². The van der Waals surface area contributed by atoms with Gasteiger partial charge in [-0.2, -0.15) is 0 Å². The topological polar surface area (TPSA) is 71.0 Å². The molecule has 0 aliphatic carbocycles. The molecule has 96 valence electrons. The molecule has 17 heavy (non-hydrogen) atoms. The molecule has 5 nitrogen and oxygen atoms in total. The molecule has 0 heterocycles. The molecule has 0 aliphatic heterocycles. The molecule has 0 saturated carbocycles. The van der Waals surface area contributed by atoms with Gasteiger partial charge in [0.15, 0.2) is 0 Å². The van der Waals surface area contributed by atoms with Crippen molar-refractivity contribution >= 4 is 17.3 Å². The highest BCUT2D eigenvalue weighted by Crippen LogP contribution is 2.36. The van der Waals surface area contributed by atoms with E-state index in [-0.39, 0.29) is 13.2 Å². The number of benzene rings is 1. The van der Waals surface area contributed by atoms with Crippen molar-refractivity contribution in [2.75, 3.05) is 32.8 Å². The fraction of sp³-hybridized carbons (Fsp3) is 0.455. The van der Waals surface area contributed by atoms with Crippen LogP contribution in [0.1, 0.15) is 0 Å². The third-order valence-corrected chi connectivity index (χ3v) is 2.57. The number of nitrogens with one attached hydrogen (secondary N) is 1. The van der Waals surface area contributed by atoms with Crippen molar-refractivity contribution in [1.82, 2.24) is 0 Å². The minimum Gasteiger partial charge on any atom is -0.495 e. The van der Waals surface area contributed by atoms with Crippen LogP contribution in [-0.2, 0) is 0 Å². The van der Waals surface area contributed by atoms with Crippen LogP contribution in [0.25, 0.3) is 0 Å². The van der Waals surface area contributed by atoms with E-state index in [2.05, 4.69) is 5.32 Å². The van der Waals surface area contributed by atoms with Crippen LogP contribution in [0.5, 0.6) is 11.5 Å². The van der Waals surface area contributed by atoms with Gasteiger partial charge in [-0.05, 0) is 0 Å². The highest BCUT2D eigenvalue weighted by Gasteiger charge is 2.13. The van der Waals surface area contributed by atoms with E-state index in [4.69, 9.17) is 31.3 Å². The third kappa shape index (κ3) is 3.39. The van der Waals surface area contributed by atoms with Crippen molar-refractivity contribution in [2.45, 2.75) is 6.04 Å². The zero-order valence-corrected chi connectivity index (χ0v) is 10.5. The van der Waals surface area contributed by atoms with Gasteiger partial charge in [-0.15, -0.1) is 0 Å². The van der Waals surface area contributed by atoms with Crippen molar-refractivity contribution in [3.63, 3.8) is 0 Å². The van der Waals surface area contributed by atoms with Crippen LogP contribution in [0.3, 0.4) is 0 Å². The maximum absolute atomic E-state index is 9.01. The molecule has 1 aromatic carbocycles. The van der Waals surface area contributed by atoms with Gasteiger partial charge in [0.2, 0.25) is 0 Å². The molecule has 3 N–H and O–H groups in total. The van der Waals surface area contributed by atoms with Crippen LogP contribution in [0, 0.1) is 0 Å². The summed E-state index contributed by atoms with van der Waals surface area (Å²) in [7, 11) is 3.02. The van der Waals surface area contributed by atoms with E-state index >= 15 is 0 Å². The standard InChI is InChI=1S/C11H16ClNO4/c1-16-10-4-9(13-7(5-14)6-15)11(17-2)3-8(10)12/h3-4,7,13-15H,5-6H2,1-2H3. The summed E-state index contributed by atoms with van der Waals surface area (Å²) in [6, 6.07) is 2.79. The Hall–Kier alpha value is -1.17. The van der Waals surface area contributed by atoms with Crippen molar-refractivity contribution in [1.29, 1.82) is 0 Å². The normalized spacial score (nSPS) is 10.5. The summed E-state index contributed by atoms with van der Waals surface area (Å²) in [5, 5.41) is 21.4. The van der Waals surface area contributed by atoms with Gasteiger partial charge in [0.05, 0.1) is 44.2 Å². The van der Waals surface area contributed by atoms with Crippen LogP contribution in [0.4, 0.5) is 5.69 Å². The second kappa shape index (κ2) is 6.54. The summed E-state index contributed by atoms with van der Waals surface area (Å²) in [6.07, 6.45) is 0. The number of aliphatic hydroxyl groups excluding tert-OH is 2. The summed E-state index contributed by atoms with van der Waals surface area (Å²) >= 11 is 5.95. The van der Waals surface area contributed by atoms with E-state index in [1.165, 1.54) is 14.2 Å². The highest BCUT2D eigenvalue weighted by molar-refractivity contribution is 6.32. The quantitative estimate of drug-likeness (QED) is 0.716. The smallest absolute Gasteiger partial charge is 0.143 e. The lowest BCUT2D eigenvalue weighted by atomic mass is 10.2. The molecule has 0 bridgehead atoms. The first-order valence-electron chi connectivity index (χ1n) is 5.06. The molecular formula is C11H16ClNO4. The molecule has 0 amide bonds. The molecule has 6 heteroatoms.